The summed E-state index contributed by atoms with van der Waals surface area (Å²) in [5.41, 5.74) is 2.92. The van der Waals surface area contributed by atoms with Gasteiger partial charge in [0.1, 0.15) is 0 Å². The van der Waals surface area contributed by atoms with Gasteiger partial charge in [-0.1, -0.05) is 30.3 Å². The van der Waals surface area contributed by atoms with Crippen molar-refractivity contribution in [3.8, 4) is 0 Å². The number of hydrogen-bond acceptors (Lipinski definition) is 3. The summed E-state index contributed by atoms with van der Waals surface area (Å²) in [5, 5.41) is 5.85. The van der Waals surface area contributed by atoms with Crippen molar-refractivity contribution in [1.82, 2.24) is 15.1 Å². The van der Waals surface area contributed by atoms with Gasteiger partial charge in [0, 0.05) is 44.6 Å². The van der Waals surface area contributed by atoms with Crippen LogP contribution in [0.3, 0.4) is 0 Å². The van der Waals surface area contributed by atoms with Crippen LogP contribution in [0.2, 0.25) is 0 Å². The lowest BCUT2D eigenvalue weighted by Gasteiger charge is -2.35. The van der Waals surface area contributed by atoms with Crippen LogP contribution in [-0.4, -0.2) is 49.0 Å². The zero-order valence-corrected chi connectivity index (χ0v) is 19.8. The van der Waals surface area contributed by atoms with Crippen molar-refractivity contribution in [2.75, 3.05) is 33.2 Å². The van der Waals surface area contributed by atoms with E-state index in [1.165, 1.54) is 41.9 Å². The third kappa shape index (κ3) is 5.48. The summed E-state index contributed by atoms with van der Waals surface area (Å²) in [6.45, 7) is 6.55. The molecule has 4 nitrogen and oxygen atoms in total. The molecule has 1 atom stereocenters. The maximum atomic E-state index is 4.57. The Kier molecular flexibility index (Phi) is 8.17. The van der Waals surface area contributed by atoms with Crippen molar-refractivity contribution in [3.63, 3.8) is 0 Å². The number of thiophene rings is 1. The fraction of sp³-hybridized carbons (Fsp3) is 0.500. The molecule has 1 unspecified atom stereocenters. The first kappa shape index (κ1) is 21.6. The molecule has 1 fully saturated rings. The van der Waals surface area contributed by atoms with Crippen LogP contribution in [0.5, 0.6) is 0 Å². The van der Waals surface area contributed by atoms with Crippen LogP contribution in [0.15, 0.2) is 46.8 Å². The van der Waals surface area contributed by atoms with E-state index in [-0.39, 0.29) is 24.0 Å². The highest BCUT2D eigenvalue weighted by Gasteiger charge is 2.23. The molecule has 2 aromatic rings. The van der Waals surface area contributed by atoms with E-state index in [2.05, 4.69) is 61.9 Å². The molecular formula is C22H31IN4S. The van der Waals surface area contributed by atoms with Gasteiger partial charge < -0.3 is 10.2 Å². The molecule has 4 rings (SSSR count). The van der Waals surface area contributed by atoms with Gasteiger partial charge in [-0.15, -0.1) is 35.3 Å². The van der Waals surface area contributed by atoms with Crippen molar-refractivity contribution >= 4 is 41.3 Å². The van der Waals surface area contributed by atoms with E-state index in [0.29, 0.717) is 5.92 Å². The highest BCUT2D eigenvalue weighted by molar-refractivity contribution is 14.0. The van der Waals surface area contributed by atoms with Gasteiger partial charge in [0.2, 0.25) is 0 Å². The number of nitrogens with zero attached hydrogens (tertiary/aromatic N) is 3. The first-order chi connectivity index (χ1) is 13.3. The summed E-state index contributed by atoms with van der Waals surface area (Å²) < 4.78 is 0. The summed E-state index contributed by atoms with van der Waals surface area (Å²) in [6, 6.07) is 13.2. The van der Waals surface area contributed by atoms with Gasteiger partial charge in [-0.2, -0.15) is 0 Å². The highest BCUT2D eigenvalue weighted by atomic mass is 127. The highest BCUT2D eigenvalue weighted by Crippen LogP contribution is 2.21. The zero-order valence-electron chi connectivity index (χ0n) is 16.6. The topological polar surface area (TPSA) is 30.9 Å². The number of likely N-dealkylation sites (tertiary alicyclic amines) is 1. The molecule has 0 radical (unpaired) electrons. The maximum Gasteiger partial charge on any atom is 0.193 e. The molecule has 6 heteroatoms. The summed E-state index contributed by atoms with van der Waals surface area (Å²) in [4.78, 5) is 11.1. The average molecular weight is 510 g/mol. The fourth-order valence-corrected chi connectivity index (χ4v) is 5.08. The molecule has 0 bridgehead atoms. The Labute approximate surface area is 190 Å². The van der Waals surface area contributed by atoms with Crippen LogP contribution in [0.4, 0.5) is 0 Å². The molecular weight excluding hydrogens is 479 g/mol. The number of piperidine rings is 1. The molecule has 0 spiro atoms. The van der Waals surface area contributed by atoms with Crippen molar-refractivity contribution in [3.05, 3.63) is 57.8 Å². The number of rotatable bonds is 4. The van der Waals surface area contributed by atoms with Gasteiger partial charge in [0.15, 0.2) is 5.96 Å². The SMILES string of the molecule is CN=C(NCC1CCCN(Cc2cccs2)C1)N1CCc2ccccc2C1.I. The molecule has 28 heavy (non-hydrogen) atoms. The van der Waals surface area contributed by atoms with Crippen LogP contribution in [0.1, 0.15) is 28.8 Å². The number of fused-ring (bicyclic) bond motifs is 1. The summed E-state index contributed by atoms with van der Waals surface area (Å²) in [7, 11) is 1.91. The number of halogens is 1. The zero-order chi connectivity index (χ0) is 18.5. The largest absolute Gasteiger partial charge is 0.356 e. The van der Waals surface area contributed by atoms with Gasteiger partial charge in [0.05, 0.1) is 0 Å². The van der Waals surface area contributed by atoms with E-state index in [1.807, 2.05) is 18.4 Å². The molecule has 3 heterocycles. The van der Waals surface area contributed by atoms with Gasteiger partial charge >= 0.3 is 0 Å². The van der Waals surface area contributed by atoms with Gasteiger partial charge in [-0.25, -0.2) is 0 Å². The van der Waals surface area contributed by atoms with E-state index in [1.54, 1.807) is 0 Å². The molecule has 1 N–H and O–H groups in total. The predicted octanol–water partition coefficient (Wildman–Crippen LogP) is 4.21. The minimum atomic E-state index is 0. The van der Waals surface area contributed by atoms with Crippen molar-refractivity contribution in [1.29, 1.82) is 0 Å². The van der Waals surface area contributed by atoms with E-state index in [4.69, 9.17) is 0 Å². The van der Waals surface area contributed by atoms with E-state index < -0.39 is 0 Å². The molecule has 0 saturated carbocycles. The lowest BCUT2D eigenvalue weighted by Crippen LogP contribution is -2.47. The van der Waals surface area contributed by atoms with Crippen LogP contribution >= 0.6 is 35.3 Å². The summed E-state index contributed by atoms with van der Waals surface area (Å²) in [6.07, 6.45) is 3.72. The molecule has 1 saturated heterocycles. The lowest BCUT2D eigenvalue weighted by atomic mass is 9.98. The second-order valence-electron chi connectivity index (χ2n) is 7.69. The van der Waals surface area contributed by atoms with Crippen LogP contribution in [0.25, 0.3) is 0 Å². The normalized spacial score (nSPS) is 20.4. The average Bonchev–Trinajstić information content (AvgIpc) is 3.22. The molecule has 0 amide bonds. The third-order valence-electron chi connectivity index (χ3n) is 5.75. The quantitative estimate of drug-likeness (QED) is 0.380. The van der Waals surface area contributed by atoms with Crippen LogP contribution in [0, 0.1) is 5.92 Å². The van der Waals surface area contributed by atoms with Crippen LogP contribution < -0.4 is 5.32 Å². The number of nitrogens with one attached hydrogen (secondary N) is 1. The van der Waals surface area contributed by atoms with E-state index in [0.717, 1.165) is 38.6 Å². The van der Waals surface area contributed by atoms with Crippen molar-refractivity contribution in [2.24, 2.45) is 10.9 Å². The van der Waals surface area contributed by atoms with Gasteiger partial charge in [-0.05, 0) is 54.3 Å². The van der Waals surface area contributed by atoms with Gasteiger partial charge in [-0.3, -0.25) is 9.89 Å². The minimum absolute atomic E-state index is 0. The Morgan fingerprint density at radius 3 is 2.82 bits per heavy atom. The Balaban J connectivity index is 0.00000225. The molecule has 0 aliphatic carbocycles. The number of benzene rings is 1. The molecule has 152 valence electrons. The maximum absolute atomic E-state index is 4.57. The summed E-state index contributed by atoms with van der Waals surface area (Å²) >= 11 is 1.87. The van der Waals surface area contributed by atoms with Crippen molar-refractivity contribution < 1.29 is 0 Å². The first-order valence-electron chi connectivity index (χ1n) is 10.1. The minimum Gasteiger partial charge on any atom is -0.356 e. The predicted molar refractivity (Wildman–Crippen MR) is 130 cm³/mol. The summed E-state index contributed by atoms with van der Waals surface area (Å²) in [5.74, 6) is 1.76. The lowest BCUT2D eigenvalue weighted by molar-refractivity contribution is 0.169. The number of aliphatic imine (C=N–C) groups is 1. The second-order valence-corrected chi connectivity index (χ2v) is 8.72. The molecule has 2 aliphatic heterocycles. The Morgan fingerprint density at radius 2 is 2.04 bits per heavy atom. The Bertz CT molecular complexity index is 762. The van der Waals surface area contributed by atoms with Crippen molar-refractivity contribution in [2.45, 2.75) is 32.4 Å². The third-order valence-corrected chi connectivity index (χ3v) is 6.61. The smallest absolute Gasteiger partial charge is 0.193 e. The first-order valence-corrected chi connectivity index (χ1v) is 11.0. The van der Waals surface area contributed by atoms with E-state index in [9.17, 15) is 0 Å². The second kappa shape index (κ2) is 10.6. The van der Waals surface area contributed by atoms with Gasteiger partial charge in [0.25, 0.3) is 0 Å². The molecule has 1 aromatic heterocycles. The van der Waals surface area contributed by atoms with E-state index >= 15 is 0 Å². The Morgan fingerprint density at radius 1 is 1.18 bits per heavy atom. The molecule has 1 aromatic carbocycles. The monoisotopic (exact) mass is 510 g/mol. The fourth-order valence-electron chi connectivity index (χ4n) is 4.33. The number of guanidine groups is 1. The standard InChI is InChI=1S/C22H30N4S.HI/c1-23-22(26-12-10-19-7-2-3-8-20(19)16-26)24-14-18-6-4-11-25(15-18)17-21-9-5-13-27-21;/h2-3,5,7-9,13,18H,4,6,10-12,14-17H2,1H3,(H,23,24);1H. The number of hydrogen-bond donors (Lipinski definition) is 1. The van der Waals surface area contributed by atoms with Crippen LogP contribution in [-0.2, 0) is 19.5 Å². The molecule has 2 aliphatic rings. The Hall–Kier alpha value is -1.12.